The molecule has 1 atom stereocenters. The van der Waals surface area contributed by atoms with Crippen molar-refractivity contribution in [1.82, 2.24) is 0 Å². The fourth-order valence-corrected chi connectivity index (χ4v) is 6.39. The molecule has 0 aliphatic heterocycles. The maximum atomic E-state index is 13.9. The Morgan fingerprint density at radius 1 is 0.743 bits per heavy atom. The summed E-state index contributed by atoms with van der Waals surface area (Å²) < 4.78 is 33.7. The molecule has 0 heterocycles. The molecule has 35 heavy (non-hydrogen) atoms. The summed E-state index contributed by atoms with van der Waals surface area (Å²) in [5, 5.41) is 0. The van der Waals surface area contributed by atoms with Crippen molar-refractivity contribution in [1.29, 1.82) is 0 Å². The van der Waals surface area contributed by atoms with Gasteiger partial charge in [-0.05, 0) is 79.6 Å². The minimum atomic E-state index is -1.18. The predicted octanol–water partition coefficient (Wildman–Crippen LogP) is 7.46. The SMILES string of the molecule is O=C(OC1(c2cc(F)cc(F)c2)C=CCC1)c1ccc([S+](c2ccccc2)c2ccccc2)cc1. The van der Waals surface area contributed by atoms with Crippen molar-refractivity contribution in [2.75, 3.05) is 0 Å². The van der Waals surface area contributed by atoms with Crippen molar-refractivity contribution in [3.05, 3.63) is 138 Å². The van der Waals surface area contributed by atoms with Crippen LogP contribution in [0.25, 0.3) is 0 Å². The molecule has 1 aliphatic carbocycles. The van der Waals surface area contributed by atoms with Crippen molar-refractivity contribution in [3.8, 4) is 0 Å². The number of carbonyl (C=O) groups is 1. The van der Waals surface area contributed by atoms with E-state index in [0.29, 0.717) is 24.0 Å². The second kappa shape index (κ2) is 9.88. The maximum absolute atomic E-state index is 13.9. The van der Waals surface area contributed by atoms with E-state index >= 15 is 0 Å². The maximum Gasteiger partial charge on any atom is 0.339 e. The summed E-state index contributed by atoms with van der Waals surface area (Å²) in [5.74, 6) is -1.94. The summed E-state index contributed by atoms with van der Waals surface area (Å²) in [5.41, 5.74) is -0.504. The highest BCUT2D eigenvalue weighted by atomic mass is 32.2. The van der Waals surface area contributed by atoms with Crippen LogP contribution in [-0.4, -0.2) is 5.97 Å². The van der Waals surface area contributed by atoms with Gasteiger partial charge in [-0.3, -0.25) is 0 Å². The minimum absolute atomic E-state index is 0.295. The van der Waals surface area contributed by atoms with Gasteiger partial charge in [0.15, 0.2) is 20.3 Å². The van der Waals surface area contributed by atoms with Gasteiger partial charge in [-0.1, -0.05) is 42.5 Å². The van der Waals surface area contributed by atoms with Crippen LogP contribution in [0.15, 0.2) is 130 Å². The smallest absolute Gasteiger partial charge is 0.339 e. The first kappa shape index (κ1) is 23.1. The van der Waals surface area contributed by atoms with Gasteiger partial charge >= 0.3 is 5.97 Å². The van der Waals surface area contributed by atoms with E-state index in [1.807, 2.05) is 54.6 Å². The first-order valence-electron chi connectivity index (χ1n) is 11.4. The number of carbonyl (C=O) groups excluding carboxylic acids is 1. The zero-order chi connectivity index (χ0) is 24.3. The number of ether oxygens (including phenoxy) is 1. The Hall–Kier alpha value is -3.70. The summed E-state index contributed by atoms with van der Waals surface area (Å²) >= 11 is 0. The van der Waals surface area contributed by atoms with Gasteiger partial charge in [-0.15, -0.1) is 0 Å². The van der Waals surface area contributed by atoms with E-state index < -0.39 is 23.2 Å². The molecule has 0 fully saturated rings. The van der Waals surface area contributed by atoms with Crippen LogP contribution in [0.5, 0.6) is 0 Å². The standard InChI is InChI=1S/C30H23F2O2S/c31-24-19-23(20-25(32)21-24)30(17-7-8-18-30)34-29(33)22-13-15-28(16-14-22)35(26-9-3-1-4-10-26)27-11-5-2-6-12-27/h1-7,9-17,19-21H,8,18H2/q+1. The van der Waals surface area contributed by atoms with Crippen LogP contribution < -0.4 is 0 Å². The van der Waals surface area contributed by atoms with Crippen LogP contribution in [0.2, 0.25) is 0 Å². The van der Waals surface area contributed by atoms with Crippen LogP contribution in [0.4, 0.5) is 8.78 Å². The lowest BCUT2D eigenvalue weighted by Gasteiger charge is -2.28. The van der Waals surface area contributed by atoms with Crippen molar-refractivity contribution in [2.24, 2.45) is 0 Å². The molecule has 5 rings (SSSR count). The van der Waals surface area contributed by atoms with Gasteiger partial charge < -0.3 is 4.74 Å². The molecule has 0 saturated carbocycles. The Morgan fingerprint density at radius 3 is 1.80 bits per heavy atom. The third-order valence-corrected chi connectivity index (χ3v) is 8.21. The molecule has 4 aromatic rings. The third kappa shape index (κ3) is 4.91. The highest BCUT2D eigenvalue weighted by Crippen LogP contribution is 2.39. The van der Waals surface area contributed by atoms with Crippen molar-refractivity contribution in [3.63, 3.8) is 0 Å². The lowest BCUT2D eigenvalue weighted by molar-refractivity contribution is 0.00152. The molecule has 0 saturated heterocycles. The van der Waals surface area contributed by atoms with Gasteiger partial charge in [0.05, 0.1) is 16.5 Å². The summed E-state index contributed by atoms with van der Waals surface area (Å²) in [7, 11) is -0.330. The molecule has 5 heteroatoms. The van der Waals surface area contributed by atoms with Crippen molar-refractivity contribution in [2.45, 2.75) is 33.1 Å². The van der Waals surface area contributed by atoms with E-state index in [2.05, 4.69) is 24.3 Å². The Labute approximate surface area is 206 Å². The minimum Gasteiger partial charge on any atom is -0.446 e. The summed E-state index contributed by atoms with van der Waals surface area (Å²) in [6, 6.07) is 31.1. The molecule has 0 aromatic heterocycles. The number of halogens is 2. The molecule has 0 N–H and O–H groups in total. The van der Waals surface area contributed by atoms with Gasteiger partial charge in [-0.2, -0.15) is 0 Å². The third-order valence-electron chi connectivity index (χ3n) is 5.98. The highest BCUT2D eigenvalue weighted by molar-refractivity contribution is 7.97. The molecule has 0 bridgehead atoms. The quantitative estimate of drug-likeness (QED) is 0.161. The Morgan fingerprint density at radius 2 is 1.29 bits per heavy atom. The van der Waals surface area contributed by atoms with Gasteiger partial charge in [0, 0.05) is 11.6 Å². The van der Waals surface area contributed by atoms with E-state index in [9.17, 15) is 13.6 Å². The lowest BCUT2D eigenvalue weighted by atomic mass is 9.92. The van der Waals surface area contributed by atoms with E-state index in [-0.39, 0.29) is 10.9 Å². The Kier molecular flexibility index (Phi) is 6.51. The summed E-state index contributed by atoms with van der Waals surface area (Å²) in [4.78, 5) is 16.6. The van der Waals surface area contributed by atoms with Gasteiger partial charge in [0.2, 0.25) is 0 Å². The molecule has 0 amide bonds. The molecule has 4 aromatic carbocycles. The zero-order valence-electron chi connectivity index (χ0n) is 18.9. The Bertz CT molecular complexity index is 1290. The molecule has 0 radical (unpaired) electrons. The van der Waals surface area contributed by atoms with Gasteiger partial charge in [0.1, 0.15) is 11.6 Å². The normalized spacial score (nSPS) is 17.0. The fourth-order valence-electron chi connectivity index (χ4n) is 4.31. The topological polar surface area (TPSA) is 26.3 Å². The van der Waals surface area contributed by atoms with Crippen LogP contribution >= 0.6 is 0 Å². The van der Waals surface area contributed by atoms with Crippen molar-refractivity contribution >= 4 is 16.9 Å². The summed E-state index contributed by atoms with van der Waals surface area (Å²) in [6.07, 6.45) is 4.67. The number of benzene rings is 4. The van der Waals surface area contributed by atoms with Crippen LogP contribution in [-0.2, 0) is 21.2 Å². The fraction of sp³-hybridized carbons (Fsp3) is 0.100. The van der Waals surface area contributed by atoms with E-state index in [0.717, 1.165) is 11.0 Å². The lowest BCUT2D eigenvalue weighted by Crippen LogP contribution is -2.29. The highest BCUT2D eigenvalue weighted by Gasteiger charge is 2.37. The van der Waals surface area contributed by atoms with Crippen LogP contribution in [0, 0.1) is 11.6 Å². The number of allylic oxidation sites excluding steroid dienone is 1. The molecule has 1 aliphatic rings. The number of esters is 1. The first-order chi connectivity index (χ1) is 17.0. The number of hydrogen-bond donors (Lipinski definition) is 0. The monoisotopic (exact) mass is 485 g/mol. The van der Waals surface area contributed by atoms with Crippen LogP contribution in [0.3, 0.4) is 0 Å². The Balaban J connectivity index is 1.43. The largest absolute Gasteiger partial charge is 0.446 e. The molecular weight excluding hydrogens is 462 g/mol. The number of hydrogen-bond acceptors (Lipinski definition) is 2. The predicted molar refractivity (Wildman–Crippen MR) is 133 cm³/mol. The average Bonchev–Trinajstić information content (AvgIpc) is 3.35. The summed E-state index contributed by atoms with van der Waals surface area (Å²) in [6.45, 7) is 0. The van der Waals surface area contributed by atoms with Gasteiger partial charge in [0.25, 0.3) is 0 Å². The second-order valence-corrected chi connectivity index (χ2v) is 10.4. The zero-order valence-corrected chi connectivity index (χ0v) is 19.7. The molecular formula is C30H23F2O2S+. The number of rotatable bonds is 6. The molecule has 1 unspecified atom stereocenters. The van der Waals surface area contributed by atoms with Crippen molar-refractivity contribution < 1.29 is 18.3 Å². The van der Waals surface area contributed by atoms with Crippen LogP contribution in [0.1, 0.15) is 28.8 Å². The van der Waals surface area contributed by atoms with E-state index in [4.69, 9.17) is 4.74 Å². The average molecular weight is 486 g/mol. The second-order valence-electron chi connectivity index (χ2n) is 8.33. The molecule has 174 valence electrons. The molecule has 2 nitrogen and oxygen atoms in total. The molecule has 0 spiro atoms. The van der Waals surface area contributed by atoms with E-state index in [1.165, 1.54) is 21.9 Å². The van der Waals surface area contributed by atoms with E-state index in [1.54, 1.807) is 18.2 Å². The first-order valence-corrected chi connectivity index (χ1v) is 12.6. The van der Waals surface area contributed by atoms with Gasteiger partial charge in [-0.25, -0.2) is 13.6 Å².